The lowest BCUT2D eigenvalue weighted by molar-refractivity contribution is 0.0509. The third-order valence-corrected chi connectivity index (χ3v) is 3.50. The maximum atomic E-state index is 12.3. The fraction of sp³-hybridized carbons (Fsp3) is 0.632. The quantitative estimate of drug-likeness (QED) is 0.693. The maximum absolute atomic E-state index is 12.3. The zero-order chi connectivity index (χ0) is 19.8. The first-order chi connectivity index (χ1) is 12.0. The average molecular weight is 364 g/mol. The summed E-state index contributed by atoms with van der Waals surface area (Å²) in [5.41, 5.74) is -0.186. The second kappa shape index (κ2) is 9.40. The highest BCUT2D eigenvalue weighted by Gasteiger charge is 2.29. The number of ether oxygens (including phenoxy) is 1. The lowest BCUT2D eigenvalue weighted by Crippen LogP contribution is -2.56. The molecule has 0 aliphatic heterocycles. The smallest absolute Gasteiger partial charge is 0.407 e. The zero-order valence-electron chi connectivity index (χ0n) is 16.7. The van der Waals surface area contributed by atoms with Crippen LogP contribution in [0.5, 0.6) is 0 Å². The molecule has 1 atom stereocenters. The molecule has 7 nitrogen and oxygen atoms in total. The summed E-state index contributed by atoms with van der Waals surface area (Å²) in [6.45, 7) is 12.2. The summed E-state index contributed by atoms with van der Waals surface area (Å²) < 4.78 is 5.26. The number of aromatic nitrogens is 1. The molecular weight excluding hydrogens is 332 g/mol. The van der Waals surface area contributed by atoms with Crippen LogP contribution in [0.1, 0.15) is 53.5 Å². The van der Waals surface area contributed by atoms with E-state index in [1.165, 1.54) is 0 Å². The van der Waals surface area contributed by atoms with Gasteiger partial charge in [0, 0.05) is 25.5 Å². The van der Waals surface area contributed by atoms with E-state index in [9.17, 15) is 9.59 Å². The first-order valence-corrected chi connectivity index (χ1v) is 8.91. The molecule has 0 radical (unpaired) electrons. The van der Waals surface area contributed by atoms with E-state index in [0.717, 1.165) is 5.56 Å². The largest absolute Gasteiger partial charge is 0.444 e. The van der Waals surface area contributed by atoms with Crippen LogP contribution < -0.4 is 16.0 Å². The third kappa shape index (κ3) is 9.25. The Hall–Kier alpha value is -2.31. The number of nitrogens with zero attached hydrogens (tertiary/aromatic N) is 1. The van der Waals surface area contributed by atoms with Gasteiger partial charge in [0.2, 0.25) is 0 Å². The Morgan fingerprint density at radius 3 is 2.27 bits per heavy atom. The third-order valence-electron chi connectivity index (χ3n) is 3.50. The standard InChI is InChI=1S/C19H32N4O3/c1-14(2)11-19(6,13-22-17(25)26-18(3,4)5)23-16(24)21-12-15-7-9-20-10-8-15/h7-10,14H,11-13H2,1-6H3,(H,22,25)(H2,21,23,24). The van der Waals surface area contributed by atoms with E-state index >= 15 is 0 Å². The van der Waals surface area contributed by atoms with Crippen LogP contribution in [-0.2, 0) is 11.3 Å². The Labute approximate surface area is 156 Å². The van der Waals surface area contributed by atoms with Crippen LogP contribution in [0, 0.1) is 5.92 Å². The Kier molecular flexibility index (Phi) is 7.86. The molecular formula is C19H32N4O3. The predicted molar refractivity (Wildman–Crippen MR) is 102 cm³/mol. The molecule has 3 N–H and O–H groups in total. The number of carbonyl (C=O) groups excluding carboxylic acids is 2. The molecule has 0 spiro atoms. The van der Waals surface area contributed by atoms with Crippen molar-refractivity contribution in [3.8, 4) is 0 Å². The van der Waals surface area contributed by atoms with E-state index < -0.39 is 17.2 Å². The molecule has 1 aromatic rings. The molecule has 146 valence electrons. The average Bonchev–Trinajstić information content (AvgIpc) is 2.50. The van der Waals surface area contributed by atoms with Crippen molar-refractivity contribution >= 4 is 12.1 Å². The second-order valence-corrected chi connectivity index (χ2v) is 8.18. The summed E-state index contributed by atoms with van der Waals surface area (Å²) in [6.07, 6.45) is 3.59. The van der Waals surface area contributed by atoms with Crippen molar-refractivity contribution in [2.45, 2.75) is 65.6 Å². The van der Waals surface area contributed by atoms with Gasteiger partial charge in [0.05, 0.1) is 5.54 Å². The number of carbonyl (C=O) groups is 2. The second-order valence-electron chi connectivity index (χ2n) is 8.18. The van der Waals surface area contributed by atoms with Gasteiger partial charge in [0.15, 0.2) is 0 Å². The maximum Gasteiger partial charge on any atom is 0.407 e. The van der Waals surface area contributed by atoms with Crippen molar-refractivity contribution < 1.29 is 14.3 Å². The van der Waals surface area contributed by atoms with Gasteiger partial charge in [-0.1, -0.05) is 13.8 Å². The number of alkyl carbamates (subject to hydrolysis) is 1. The Morgan fingerprint density at radius 2 is 1.73 bits per heavy atom. The SMILES string of the molecule is CC(C)CC(C)(CNC(=O)OC(C)(C)C)NC(=O)NCc1ccncc1. The molecule has 1 unspecified atom stereocenters. The summed E-state index contributed by atoms with van der Waals surface area (Å²) >= 11 is 0. The van der Waals surface area contributed by atoms with Crippen LogP contribution in [0.2, 0.25) is 0 Å². The van der Waals surface area contributed by atoms with Crippen LogP contribution in [-0.4, -0.2) is 34.8 Å². The number of pyridine rings is 1. The molecule has 0 aromatic carbocycles. The highest BCUT2D eigenvalue weighted by Crippen LogP contribution is 2.16. The number of amides is 3. The van der Waals surface area contributed by atoms with E-state index in [-0.39, 0.29) is 12.6 Å². The van der Waals surface area contributed by atoms with Crippen molar-refractivity contribution in [3.63, 3.8) is 0 Å². The first kappa shape index (κ1) is 21.7. The van der Waals surface area contributed by atoms with E-state index in [2.05, 4.69) is 34.8 Å². The molecule has 26 heavy (non-hydrogen) atoms. The number of rotatable bonds is 7. The molecule has 7 heteroatoms. The van der Waals surface area contributed by atoms with Crippen LogP contribution in [0.4, 0.5) is 9.59 Å². The van der Waals surface area contributed by atoms with Crippen molar-refractivity contribution in [3.05, 3.63) is 30.1 Å². The summed E-state index contributed by atoms with van der Waals surface area (Å²) in [5, 5.41) is 8.56. The molecule has 1 heterocycles. The van der Waals surface area contributed by atoms with Gasteiger partial charge in [-0.15, -0.1) is 0 Å². The van der Waals surface area contributed by atoms with Gasteiger partial charge >= 0.3 is 12.1 Å². The fourth-order valence-electron chi connectivity index (χ4n) is 2.65. The van der Waals surface area contributed by atoms with Gasteiger partial charge in [-0.25, -0.2) is 9.59 Å². The molecule has 1 aromatic heterocycles. The van der Waals surface area contributed by atoms with Gasteiger partial charge in [0.25, 0.3) is 0 Å². The van der Waals surface area contributed by atoms with Gasteiger partial charge in [-0.3, -0.25) is 4.98 Å². The molecule has 3 amide bonds. The first-order valence-electron chi connectivity index (χ1n) is 8.91. The Bertz CT molecular complexity index is 584. The predicted octanol–water partition coefficient (Wildman–Crippen LogP) is 3.21. The molecule has 0 aliphatic carbocycles. The van der Waals surface area contributed by atoms with Crippen molar-refractivity contribution in [1.82, 2.24) is 20.9 Å². The van der Waals surface area contributed by atoms with Crippen LogP contribution >= 0.6 is 0 Å². The summed E-state index contributed by atoms with van der Waals surface area (Å²) in [7, 11) is 0. The highest BCUT2D eigenvalue weighted by atomic mass is 16.6. The Morgan fingerprint density at radius 1 is 1.12 bits per heavy atom. The van der Waals surface area contributed by atoms with Gasteiger partial charge in [0.1, 0.15) is 5.60 Å². The minimum atomic E-state index is -0.590. The lowest BCUT2D eigenvalue weighted by Gasteiger charge is -2.33. The van der Waals surface area contributed by atoms with Crippen molar-refractivity contribution in [2.75, 3.05) is 6.54 Å². The van der Waals surface area contributed by atoms with E-state index in [1.54, 1.807) is 12.4 Å². The number of hydrogen-bond donors (Lipinski definition) is 3. The topological polar surface area (TPSA) is 92.4 Å². The Balaban J connectivity index is 2.60. The molecule has 0 saturated heterocycles. The minimum Gasteiger partial charge on any atom is -0.444 e. The van der Waals surface area contributed by atoms with E-state index in [4.69, 9.17) is 4.74 Å². The summed E-state index contributed by atoms with van der Waals surface area (Å²) in [5.74, 6) is 0.348. The normalized spacial score (nSPS) is 13.7. The highest BCUT2D eigenvalue weighted by molar-refractivity contribution is 5.75. The van der Waals surface area contributed by atoms with E-state index in [1.807, 2.05) is 39.8 Å². The number of nitrogens with one attached hydrogen (secondary N) is 3. The summed E-state index contributed by atoms with van der Waals surface area (Å²) in [6, 6.07) is 3.41. The molecule has 0 fully saturated rings. The molecule has 0 saturated carbocycles. The zero-order valence-corrected chi connectivity index (χ0v) is 16.7. The van der Waals surface area contributed by atoms with Crippen molar-refractivity contribution in [2.24, 2.45) is 5.92 Å². The van der Waals surface area contributed by atoms with Crippen LogP contribution in [0.15, 0.2) is 24.5 Å². The molecule has 0 aliphatic rings. The van der Waals surface area contributed by atoms with Gasteiger partial charge in [-0.05, 0) is 57.7 Å². The van der Waals surface area contributed by atoms with Crippen LogP contribution in [0.25, 0.3) is 0 Å². The van der Waals surface area contributed by atoms with Crippen LogP contribution in [0.3, 0.4) is 0 Å². The summed E-state index contributed by atoms with van der Waals surface area (Å²) in [4.78, 5) is 28.2. The van der Waals surface area contributed by atoms with Gasteiger partial charge < -0.3 is 20.7 Å². The number of urea groups is 1. The fourth-order valence-corrected chi connectivity index (χ4v) is 2.65. The molecule has 0 bridgehead atoms. The lowest BCUT2D eigenvalue weighted by atomic mass is 9.90. The van der Waals surface area contributed by atoms with Crippen molar-refractivity contribution in [1.29, 1.82) is 0 Å². The molecule has 1 rings (SSSR count). The minimum absolute atomic E-state index is 0.281. The van der Waals surface area contributed by atoms with Gasteiger partial charge in [-0.2, -0.15) is 0 Å². The van der Waals surface area contributed by atoms with E-state index in [0.29, 0.717) is 18.9 Å². The monoisotopic (exact) mass is 364 g/mol. The number of hydrogen-bond acceptors (Lipinski definition) is 4.